The maximum absolute atomic E-state index is 5.80. The van der Waals surface area contributed by atoms with E-state index in [9.17, 15) is 0 Å². The molecule has 1 aromatic rings. The second kappa shape index (κ2) is 2.36. The van der Waals surface area contributed by atoms with Crippen LogP contribution in [0.3, 0.4) is 0 Å². The van der Waals surface area contributed by atoms with Gasteiger partial charge >= 0.3 is 0 Å². The molecule has 3 atom stereocenters. The Morgan fingerprint density at radius 3 is 2.62 bits per heavy atom. The number of hydrogen-bond donors (Lipinski definition) is 0. The van der Waals surface area contributed by atoms with E-state index in [-0.39, 0.29) is 0 Å². The molecule has 1 heteroatoms. The average Bonchev–Trinajstić information content (AvgIpc) is 2.71. The van der Waals surface area contributed by atoms with E-state index < -0.39 is 0 Å². The molecule has 0 amide bonds. The van der Waals surface area contributed by atoms with Gasteiger partial charge in [-0.2, -0.15) is 0 Å². The Labute approximate surface area is 78.7 Å². The first-order chi connectivity index (χ1) is 6.30. The van der Waals surface area contributed by atoms with Crippen molar-refractivity contribution in [2.75, 3.05) is 6.61 Å². The number of fused-ring (bicyclic) bond motifs is 1. The lowest BCUT2D eigenvalue weighted by molar-refractivity contribution is 0.0725. The molecule has 0 bridgehead atoms. The molecule has 3 rings (SSSR count). The maximum Gasteiger partial charge on any atom is 0.0859 e. The predicted molar refractivity (Wildman–Crippen MR) is 51.3 cm³/mol. The summed E-state index contributed by atoms with van der Waals surface area (Å²) in [6.07, 6.45) is 1.73. The Morgan fingerprint density at radius 2 is 2.08 bits per heavy atom. The minimum Gasteiger partial charge on any atom is -0.373 e. The van der Waals surface area contributed by atoms with E-state index >= 15 is 0 Å². The van der Waals surface area contributed by atoms with Gasteiger partial charge in [-0.25, -0.2) is 0 Å². The first kappa shape index (κ1) is 7.57. The summed E-state index contributed by atoms with van der Waals surface area (Å²) < 4.78 is 5.80. The van der Waals surface area contributed by atoms with Gasteiger partial charge in [0, 0.05) is 0 Å². The molecule has 1 nitrogen and oxygen atoms in total. The Bertz CT molecular complexity index is 319. The van der Waals surface area contributed by atoms with Crippen molar-refractivity contribution in [1.82, 2.24) is 0 Å². The third-order valence-corrected chi connectivity index (χ3v) is 3.51. The summed E-state index contributed by atoms with van der Waals surface area (Å²) >= 11 is 0. The van der Waals surface area contributed by atoms with E-state index in [1.54, 1.807) is 0 Å². The predicted octanol–water partition coefficient (Wildman–Crippen LogP) is 2.78. The molecular weight excluding hydrogens is 160 g/mol. The quantitative estimate of drug-likeness (QED) is 0.636. The zero-order chi connectivity index (χ0) is 8.89. The van der Waals surface area contributed by atoms with Crippen LogP contribution < -0.4 is 0 Å². The molecule has 1 saturated carbocycles. The summed E-state index contributed by atoms with van der Waals surface area (Å²) in [7, 11) is 0. The fourth-order valence-corrected chi connectivity index (χ4v) is 2.45. The van der Waals surface area contributed by atoms with E-state index in [4.69, 9.17) is 4.74 Å². The molecular formula is C12H14O. The second-order valence-corrected chi connectivity index (χ2v) is 4.61. The van der Waals surface area contributed by atoms with Crippen LogP contribution in [-0.4, -0.2) is 6.61 Å². The summed E-state index contributed by atoms with van der Waals surface area (Å²) in [6.45, 7) is 3.29. The van der Waals surface area contributed by atoms with Crippen LogP contribution in [0.2, 0.25) is 0 Å². The lowest BCUT2D eigenvalue weighted by Gasteiger charge is -2.11. The van der Waals surface area contributed by atoms with E-state index in [2.05, 4.69) is 37.3 Å². The van der Waals surface area contributed by atoms with Gasteiger partial charge in [0.05, 0.1) is 12.7 Å². The minimum atomic E-state index is 0.381. The average molecular weight is 174 g/mol. The van der Waals surface area contributed by atoms with Crippen molar-refractivity contribution in [3.63, 3.8) is 0 Å². The number of rotatable bonds is 1. The highest BCUT2D eigenvalue weighted by molar-refractivity contribution is 5.24. The van der Waals surface area contributed by atoms with Gasteiger partial charge in [-0.05, 0) is 23.3 Å². The summed E-state index contributed by atoms with van der Waals surface area (Å²) in [5.41, 5.74) is 1.87. The molecule has 0 N–H and O–H groups in total. The van der Waals surface area contributed by atoms with Gasteiger partial charge in [-0.3, -0.25) is 0 Å². The third-order valence-electron chi connectivity index (χ3n) is 3.51. The largest absolute Gasteiger partial charge is 0.373 e. The molecule has 1 heterocycles. The van der Waals surface area contributed by atoms with E-state index in [1.165, 1.54) is 12.0 Å². The van der Waals surface area contributed by atoms with Crippen LogP contribution in [0.25, 0.3) is 0 Å². The third kappa shape index (κ3) is 1.03. The fraction of sp³-hybridized carbons (Fsp3) is 0.500. The van der Waals surface area contributed by atoms with Crippen molar-refractivity contribution in [2.45, 2.75) is 19.4 Å². The highest BCUT2D eigenvalue weighted by Gasteiger charge is 2.59. The second-order valence-electron chi connectivity index (χ2n) is 4.61. The molecule has 0 spiro atoms. The highest BCUT2D eigenvalue weighted by atomic mass is 16.5. The maximum atomic E-state index is 5.80. The molecule has 0 radical (unpaired) electrons. The van der Waals surface area contributed by atoms with Crippen LogP contribution in [0.1, 0.15) is 25.0 Å². The molecule has 1 aliphatic heterocycles. The fourth-order valence-electron chi connectivity index (χ4n) is 2.45. The van der Waals surface area contributed by atoms with Gasteiger partial charge in [0.25, 0.3) is 0 Å². The van der Waals surface area contributed by atoms with E-state index in [1.807, 2.05) is 0 Å². The zero-order valence-corrected chi connectivity index (χ0v) is 7.86. The molecule has 1 aromatic carbocycles. The monoisotopic (exact) mass is 174 g/mol. The molecule has 0 aromatic heterocycles. The van der Waals surface area contributed by atoms with Crippen LogP contribution in [0.4, 0.5) is 0 Å². The van der Waals surface area contributed by atoms with Crippen molar-refractivity contribution < 1.29 is 4.74 Å². The van der Waals surface area contributed by atoms with Crippen LogP contribution in [0, 0.1) is 11.3 Å². The number of hydrogen-bond acceptors (Lipinski definition) is 1. The van der Waals surface area contributed by atoms with Crippen molar-refractivity contribution in [3.8, 4) is 0 Å². The van der Waals surface area contributed by atoms with Crippen LogP contribution in [0.5, 0.6) is 0 Å². The summed E-state index contributed by atoms with van der Waals surface area (Å²) in [5.74, 6) is 0.787. The Morgan fingerprint density at radius 1 is 1.31 bits per heavy atom. The van der Waals surface area contributed by atoms with Gasteiger partial charge < -0.3 is 4.74 Å². The zero-order valence-electron chi connectivity index (χ0n) is 7.86. The van der Waals surface area contributed by atoms with Gasteiger partial charge in [0.1, 0.15) is 0 Å². The Hall–Kier alpha value is -0.820. The lowest BCUT2D eigenvalue weighted by Crippen LogP contribution is -2.01. The molecule has 0 unspecified atom stereocenters. The van der Waals surface area contributed by atoms with E-state index in [0.717, 1.165) is 12.5 Å². The SMILES string of the molecule is C[C@@]12CO[C@H](c3ccccc3)[C@@H]1C2. The van der Waals surface area contributed by atoms with Crippen molar-refractivity contribution in [1.29, 1.82) is 0 Å². The summed E-state index contributed by atoms with van der Waals surface area (Å²) in [6, 6.07) is 10.6. The van der Waals surface area contributed by atoms with Crippen LogP contribution in [-0.2, 0) is 4.74 Å². The normalized spacial score (nSPS) is 41.6. The molecule has 13 heavy (non-hydrogen) atoms. The molecule has 2 fully saturated rings. The molecule has 2 aliphatic rings. The molecule has 1 aliphatic carbocycles. The van der Waals surface area contributed by atoms with E-state index in [0.29, 0.717) is 11.5 Å². The van der Waals surface area contributed by atoms with Gasteiger partial charge in [0.2, 0.25) is 0 Å². The van der Waals surface area contributed by atoms with Gasteiger partial charge in [-0.15, -0.1) is 0 Å². The van der Waals surface area contributed by atoms with Gasteiger partial charge in [-0.1, -0.05) is 37.3 Å². The number of ether oxygens (including phenoxy) is 1. The topological polar surface area (TPSA) is 9.23 Å². The molecule has 68 valence electrons. The summed E-state index contributed by atoms with van der Waals surface area (Å²) in [4.78, 5) is 0. The van der Waals surface area contributed by atoms with Gasteiger partial charge in [0.15, 0.2) is 0 Å². The minimum absolute atomic E-state index is 0.381. The Balaban J connectivity index is 1.89. The molecule has 1 saturated heterocycles. The van der Waals surface area contributed by atoms with Crippen molar-refractivity contribution in [3.05, 3.63) is 35.9 Å². The van der Waals surface area contributed by atoms with Crippen molar-refractivity contribution in [2.24, 2.45) is 11.3 Å². The Kier molecular flexibility index (Phi) is 1.37. The summed E-state index contributed by atoms with van der Waals surface area (Å²) in [5, 5.41) is 0. The highest BCUT2D eigenvalue weighted by Crippen LogP contribution is 2.64. The number of benzene rings is 1. The smallest absolute Gasteiger partial charge is 0.0859 e. The van der Waals surface area contributed by atoms with Crippen LogP contribution >= 0.6 is 0 Å². The lowest BCUT2D eigenvalue weighted by atomic mass is 10.0. The first-order valence-corrected chi connectivity index (χ1v) is 4.96. The van der Waals surface area contributed by atoms with Crippen molar-refractivity contribution >= 4 is 0 Å². The first-order valence-electron chi connectivity index (χ1n) is 4.96. The standard InChI is InChI=1S/C12H14O/c1-12-7-10(12)11(13-8-12)9-5-3-2-4-6-9/h2-6,10-11H,7-8H2,1H3/t10-,11+,12+/m0/s1. The van der Waals surface area contributed by atoms with Crippen LogP contribution in [0.15, 0.2) is 30.3 Å².